The van der Waals surface area contributed by atoms with Crippen LogP contribution in [0.25, 0.3) is 0 Å². The molecular weight excluding hydrogens is 290 g/mol. The summed E-state index contributed by atoms with van der Waals surface area (Å²) in [7, 11) is 0. The summed E-state index contributed by atoms with van der Waals surface area (Å²) in [4.78, 5) is 31.2. The molecule has 124 valence electrons. The maximum atomic E-state index is 12.7. The molecule has 1 atom stereocenters. The summed E-state index contributed by atoms with van der Waals surface area (Å²) in [6.07, 6.45) is 0.334. The second-order valence-electron chi connectivity index (χ2n) is 6.45. The zero-order valence-corrected chi connectivity index (χ0v) is 14.0. The number of nitrogens with zero attached hydrogens (tertiary/aromatic N) is 3. The van der Waals surface area contributed by atoms with E-state index in [1.165, 1.54) is 0 Å². The molecule has 0 spiro atoms. The zero-order chi connectivity index (χ0) is 16.4. The van der Waals surface area contributed by atoms with Crippen molar-refractivity contribution in [2.24, 2.45) is 5.92 Å². The number of carbonyl (C=O) groups excluding carboxylic acids is 2. The van der Waals surface area contributed by atoms with Crippen LogP contribution in [0.2, 0.25) is 0 Å². The van der Waals surface area contributed by atoms with E-state index in [-0.39, 0.29) is 17.7 Å². The highest BCUT2D eigenvalue weighted by Crippen LogP contribution is 2.28. The molecule has 3 rings (SSSR count). The van der Waals surface area contributed by atoms with E-state index in [4.69, 9.17) is 0 Å². The van der Waals surface area contributed by atoms with E-state index in [1.54, 1.807) is 4.90 Å². The summed E-state index contributed by atoms with van der Waals surface area (Å²) in [5, 5.41) is 0. The van der Waals surface area contributed by atoms with Gasteiger partial charge in [-0.05, 0) is 25.1 Å². The smallest absolute Gasteiger partial charge is 0.228 e. The van der Waals surface area contributed by atoms with Crippen LogP contribution in [0.3, 0.4) is 0 Å². The third kappa shape index (κ3) is 3.24. The topological polar surface area (TPSA) is 43.9 Å². The Hall–Kier alpha value is -1.88. The second kappa shape index (κ2) is 6.71. The molecule has 1 aromatic carbocycles. The summed E-state index contributed by atoms with van der Waals surface area (Å²) >= 11 is 0. The number of piperazine rings is 1. The van der Waals surface area contributed by atoms with Crippen molar-refractivity contribution in [3.05, 3.63) is 29.8 Å². The van der Waals surface area contributed by atoms with Crippen LogP contribution in [-0.2, 0) is 9.59 Å². The van der Waals surface area contributed by atoms with Gasteiger partial charge in [0.15, 0.2) is 0 Å². The van der Waals surface area contributed by atoms with Gasteiger partial charge in [0.2, 0.25) is 11.8 Å². The van der Waals surface area contributed by atoms with Crippen molar-refractivity contribution in [3.8, 4) is 0 Å². The molecule has 2 amide bonds. The molecule has 5 heteroatoms. The Bertz CT molecular complexity index is 594. The van der Waals surface area contributed by atoms with Crippen molar-refractivity contribution in [1.29, 1.82) is 0 Å². The monoisotopic (exact) mass is 315 g/mol. The minimum atomic E-state index is -0.199. The first kappa shape index (κ1) is 16.0. The number of hydrogen-bond donors (Lipinski definition) is 0. The van der Waals surface area contributed by atoms with Gasteiger partial charge in [-0.25, -0.2) is 0 Å². The predicted molar refractivity (Wildman–Crippen MR) is 90.3 cm³/mol. The van der Waals surface area contributed by atoms with Crippen LogP contribution in [0.4, 0.5) is 5.69 Å². The van der Waals surface area contributed by atoms with Crippen molar-refractivity contribution in [2.75, 3.05) is 44.2 Å². The lowest BCUT2D eigenvalue weighted by atomic mass is 10.1. The normalized spacial score (nSPS) is 22.7. The lowest BCUT2D eigenvalue weighted by Gasteiger charge is -2.35. The number of para-hydroxylation sites is 1. The first-order chi connectivity index (χ1) is 11.1. The quantitative estimate of drug-likeness (QED) is 0.849. The molecule has 2 fully saturated rings. The number of likely N-dealkylation sites (N-methyl/N-ethyl adjacent to an activating group) is 1. The average Bonchev–Trinajstić information content (AvgIpc) is 2.96. The summed E-state index contributed by atoms with van der Waals surface area (Å²) in [5.41, 5.74) is 2.01. The number of aryl methyl sites for hydroxylation is 1. The fourth-order valence-corrected chi connectivity index (χ4v) is 3.51. The molecule has 0 saturated carbocycles. The first-order valence-corrected chi connectivity index (χ1v) is 8.47. The Morgan fingerprint density at radius 1 is 1.17 bits per heavy atom. The van der Waals surface area contributed by atoms with Crippen LogP contribution >= 0.6 is 0 Å². The number of hydrogen-bond acceptors (Lipinski definition) is 3. The van der Waals surface area contributed by atoms with Gasteiger partial charge in [0.1, 0.15) is 0 Å². The maximum absolute atomic E-state index is 12.7. The number of anilines is 1. The molecule has 0 aliphatic carbocycles. The summed E-state index contributed by atoms with van der Waals surface area (Å²) in [6, 6.07) is 7.87. The minimum absolute atomic E-state index is 0.0600. The van der Waals surface area contributed by atoms with Gasteiger partial charge < -0.3 is 14.7 Å². The van der Waals surface area contributed by atoms with Gasteiger partial charge in [0.05, 0.1) is 5.92 Å². The van der Waals surface area contributed by atoms with E-state index >= 15 is 0 Å². The van der Waals surface area contributed by atoms with Gasteiger partial charge in [-0.3, -0.25) is 9.59 Å². The van der Waals surface area contributed by atoms with Crippen molar-refractivity contribution >= 4 is 17.5 Å². The maximum Gasteiger partial charge on any atom is 0.228 e. The molecule has 1 aromatic rings. The zero-order valence-electron chi connectivity index (χ0n) is 14.0. The van der Waals surface area contributed by atoms with Gasteiger partial charge in [0.25, 0.3) is 0 Å². The van der Waals surface area contributed by atoms with E-state index < -0.39 is 0 Å². The molecule has 0 bridgehead atoms. The Morgan fingerprint density at radius 3 is 2.52 bits per heavy atom. The third-order valence-electron chi connectivity index (χ3n) is 5.01. The largest absolute Gasteiger partial charge is 0.340 e. The third-order valence-corrected chi connectivity index (χ3v) is 5.01. The molecule has 23 heavy (non-hydrogen) atoms. The van der Waals surface area contributed by atoms with Crippen LogP contribution in [0.15, 0.2) is 24.3 Å². The molecule has 5 nitrogen and oxygen atoms in total. The van der Waals surface area contributed by atoms with Crippen molar-refractivity contribution in [2.45, 2.75) is 20.3 Å². The van der Waals surface area contributed by atoms with Gasteiger partial charge in [-0.2, -0.15) is 0 Å². The van der Waals surface area contributed by atoms with E-state index in [0.29, 0.717) is 13.0 Å². The molecule has 1 unspecified atom stereocenters. The van der Waals surface area contributed by atoms with Crippen LogP contribution in [0.1, 0.15) is 18.9 Å². The van der Waals surface area contributed by atoms with Crippen molar-refractivity contribution in [3.63, 3.8) is 0 Å². The summed E-state index contributed by atoms with van der Waals surface area (Å²) < 4.78 is 0. The molecular formula is C18H25N3O2. The Kier molecular flexibility index (Phi) is 4.66. The molecule has 2 aliphatic heterocycles. The molecule has 2 heterocycles. The second-order valence-corrected chi connectivity index (χ2v) is 6.45. The van der Waals surface area contributed by atoms with Crippen LogP contribution in [-0.4, -0.2) is 60.9 Å². The fraction of sp³-hybridized carbons (Fsp3) is 0.556. The highest BCUT2D eigenvalue weighted by atomic mass is 16.2. The lowest BCUT2D eigenvalue weighted by molar-refractivity contribution is -0.137. The Morgan fingerprint density at radius 2 is 1.87 bits per heavy atom. The van der Waals surface area contributed by atoms with Crippen LogP contribution in [0, 0.1) is 12.8 Å². The van der Waals surface area contributed by atoms with E-state index in [9.17, 15) is 9.59 Å². The van der Waals surface area contributed by atoms with E-state index in [1.807, 2.05) is 36.1 Å². The lowest BCUT2D eigenvalue weighted by Crippen LogP contribution is -2.50. The van der Waals surface area contributed by atoms with Gasteiger partial charge in [0, 0.05) is 44.8 Å². The van der Waals surface area contributed by atoms with E-state index in [0.717, 1.165) is 44.0 Å². The number of benzene rings is 1. The summed E-state index contributed by atoms with van der Waals surface area (Å²) in [5.74, 6) is 0.00492. The fourth-order valence-electron chi connectivity index (χ4n) is 3.51. The molecule has 0 N–H and O–H groups in total. The average molecular weight is 315 g/mol. The van der Waals surface area contributed by atoms with Crippen LogP contribution in [0.5, 0.6) is 0 Å². The molecule has 0 radical (unpaired) electrons. The molecule has 2 saturated heterocycles. The van der Waals surface area contributed by atoms with Crippen LogP contribution < -0.4 is 4.90 Å². The number of amides is 2. The van der Waals surface area contributed by atoms with Gasteiger partial charge in [-0.1, -0.05) is 25.1 Å². The minimum Gasteiger partial charge on any atom is -0.340 e. The highest BCUT2D eigenvalue weighted by Gasteiger charge is 2.38. The highest BCUT2D eigenvalue weighted by molar-refractivity contribution is 6.00. The Labute approximate surface area is 137 Å². The van der Waals surface area contributed by atoms with E-state index in [2.05, 4.69) is 11.8 Å². The van der Waals surface area contributed by atoms with Gasteiger partial charge in [-0.15, -0.1) is 0 Å². The van der Waals surface area contributed by atoms with Crippen molar-refractivity contribution in [1.82, 2.24) is 9.80 Å². The molecule has 0 aromatic heterocycles. The summed E-state index contributed by atoms with van der Waals surface area (Å²) in [6.45, 7) is 9.12. The Balaban J connectivity index is 1.66. The number of carbonyl (C=O) groups is 2. The van der Waals surface area contributed by atoms with Crippen molar-refractivity contribution < 1.29 is 9.59 Å². The molecule has 2 aliphatic rings. The SMILES string of the molecule is CCN1CCN(C(=O)C2CC(=O)N(c3ccccc3C)C2)CC1. The predicted octanol–water partition coefficient (Wildman–Crippen LogP) is 1.51. The van der Waals surface area contributed by atoms with Gasteiger partial charge >= 0.3 is 0 Å². The standard InChI is InChI=1S/C18H25N3O2/c1-3-19-8-10-20(11-9-19)18(23)15-12-17(22)21(13-15)16-7-5-4-6-14(16)2/h4-7,15H,3,8-13H2,1-2H3. The number of rotatable bonds is 3. The first-order valence-electron chi connectivity index (χ1n) is 8.47.